The molecule has 5 heteroatoms. The van der Waals surface area contributed by atoms with E-state index in [0.29, 0.717) is 59.7 Å². The number of rotatable bonds is 6. The Hall–Kier alpha value is -2.17. The number of fused-ring (bicyclic) bond motifs is 5. The van der Waals surface area contributed by atoms with Gasteiger partial charge >= 0.3 is 11.9 Å². The molecular formula is C32H44O5. The number of esters is 2. The highest BCUT2D eigenvalue weighted by Crippen LogP contribution is 2.67. The Morgan fingerprint density at radius 3 is 2.51 bits per heavy atom. The molecule has 1 aromatic carbocycles. The minimum atomic E-state index is -0.262. The van der Waals surface area contributed by atoms with Crippen LogP contribution >= 0.6 is 0 Å². The zero-order chi connectivity index (χ0) is 26.4. The second-order valence-corrected chi connectivity index (χ2v) is 13.0. The second kappa shape index (κ2) is 10.2. The third-order valence-corrected chi connectivity index (χ3v) is 11.6. The highest BCUT2D eigenvalue weighted by Gasteiger charge is 2.64. The largest absolute Gasteiger partial charge is 0.469 e. The number of ketones is 1. The van der Waals surface area contributed by atoms with E-state index in [1.54, 1.807) is 0 Å². The third-order valence-electron chi connectivity index (χ3n) is 11.6. The molecule has 37 heavy (non-hydrogen) atoms. The summed E-state index contributed by atoms with van der Waals surface area (Å²) in [5.74, 6) is 2.79. The van der Waals surface area contributed by atoms with Crippen molar-refractivity contribution in [3.63, 3.8) is 0 Å². The molecule has 0 radical (unpaired) electrons. The predicted octanol–water partition coefficient (Wildman–Crippen LogP) is 6.64. The fraction of sp³-hybridized carbons (Fsp3) is 0.719. The smallest absolute Gasteiger partial charge is 0.338 e. The van der Waals surface area contributed by atoms with Gasteiger partial charge < -0.3 is 9.47 Å². The van der Waals surface area contributed by atoms with Crippen LogP contribution in [0.25, 0.3) is 0 Å². The fourth-order valence-electron chi connectivity index (χ4n) is 9.42. The summed E-state index contributed by atoms with van der Waals surface area (Å²) < 4.78 is 10.8. The molecule has 0 spiro atoms. The molecule has 0 N–H and O–H groups in total. The summed E-state index contributed by atoms with van der Waals surface area (Å²) in [6.45, 7) is 6.93. The molecule has 4 aliphatic carbocycles. The predicted molar refractivity (Wildman–Crippen MR) is 142 cm³/mol. The number of hydrogen-bond donors (Lipinski definition) is 0. The summed E-state index contributed by atoms with van der Waals surface area (Å²) >= 11 is 0. The van der Waals surface area contributed by atoms with Crippen LogP contribution in [0.1, 0.15) is 95.3 Å². The van der Waals surface area contributed by atoms with Gasteiger partial charge in [-0.3, -0.25) is 9.59 Å². The number of carbonyl (C=O) groups excluding carboxylic acids is 3. The first-order valence-electron chi connectivity index (χ1n) is 14.5. The molecular weight excluding hydrogens is 464 g/mol. The van der Waals surface area contributed by atoms with Crippen molar-refractivity contribution in [3.8, 4) is 0 Å². The molecule has 4 aliphatic rings. The molecule has 4 saturated carbocycles. The minimum Gasteiger partial charge on any atom is -0.469 e. The maximum Gasteiger partial charge on any atom is 0.338 e. The van der Waals surface area contributed by atoms with Crippen molar-refractivity contribution in [2.24, 2.45) is 46.3 Å². The minimum absolute atomic E-state index is 0.0292. The van der Waals surface area contributed by atoms with Crippen molar-refractivity contribution in [2.45, 2.75) is 91.1 Å². The van der Waals surface area contributed by atoms with Gasteiger partial charge in [0.25, 0.3) is 0 Å². The van der Waals surface area contributed by atoms with Gasteiger partial charge in [-0.05, 0) is 104 Å². The van der Waals surface area contributed by atoms with E-state index in [4.69, 9.17) is 9.47 Å². The van der Waals surface area contributed by atoms with E-state index in [-0.39, 0.29) is 28.9 Å². The Balaban J connectivity index is 1.27. The Kier molecular flexibility index (Phi) is 7.28. The quantitative estimate of drug-likeness (QED) is 0.403. The summed E-state index contributed by atoms with van der Waals surface area (Å²) in [6.07, 6.45) is 9.31. The van der Waals surface area contributed by atoms with Crippen LogP contribution in [-0.4, -0.2) is 30.9 Å². The van der Waals surface area contributed by atoms with E-state index < -0.39 is 0 Å². The molecule has 5 rings (SSSR count). The number of ether oxygens (including phenoxy) is 2. The summed E-state index contributed by atoms with van der Waals surface area (Å²) in [5.41, 5.74) is 0.500. The van der Waals surface area contributed by atoms with Crippen LogP contribution in [0, 0.1) is 46.3 Å². The molecule has 202 valence electrons. The monoisotopic (exact) mass is 508 g/mol. The highest BCUT2D eigenvalue weighted by molar-refractivity contribution is 5.89. The van der Waals surface area contributed by atoms with Crippen molar-refractivity contribution < 1.29 is 23.9 Å². The zero-order valence-corrected chi connectivity index (χ0v) is 23.0. The first-order chi connectivity index (χ1) is 17.7. The number of methoxy groups -OCH3 is 1. The van der Waals surface area contributed by atoms with Gasteiger partial charge in [0, 0.05) is 18.3 Å². The summed E-state index contributed by atoms with van der Waals surface area (Å²) in [7, 11) is 1.45. The molecule has 0 unspecified atom stereocenters. The Bertz CT molecular complexity index is 1020. The number of benzene rings is 1. The van der Waals surface area contributed by atoms with Gasteiger partial charge in [-0.25, -0.2) is 4.79 Å². The molecule has 0 bridgehead atoms. The van der Waals surface area contributed by atoms with Crippen molar-refractivity contribution in [2.75, 3.05) is 7.11 Å². The van der Waals surface area contributed by atoms with Crippen molar-refractivity contribution >= 4 is 17.7 Å². The van der Waals surface area contributed by atoms with Crippen molar-refractivity contribution in [3.05, 3.63) is 35.9 Å². The van der Waals surface area contributed by atoms with Crippen LogP contribution in [0.3, 0.4) is 0 Å². The SMILES string of the molecule is COC(=O)CC[C@H](C)[C@H]1CC[C@H]2[C@@H]3CC[C@@H]4C[C@@H](OC(=O)c5ccccc5)CC[C@]4(C)[C@H]3CC(=O)[C@]12C. The summed E-state index contributed by atoms with van der Waals surface area (Å²) in [6, 6.07) is 9.29. The van der Waals surface area contributed by atoms with Crippen LogP contribution in [-0.2, 0) is 19.1 Å². The van der Waals surface area contributed by atoms with Gasteiger partial charge in [0.2, 0.25) is 0 Å². The van der Waals surface area contributed by atoms with E-state index in [0.717, 1.165) is 38.5 Å². The molecule has 0 saturated heterocycles. The van der Waals surface area contributed by atoms with Crippen LogP contribution in [0.4, 0.5) is 0 Å². The molecule has 0 aliphatic heterocycles. The lowest BCUT2D eigenvalue weighted by Crippen LogP contribution is -2.57. The van der Waals surface area contributed by atoms with Crippen LogP contribution in [0.5, 0.6) is 0 Å². The van der Waals surface area contributed by atoms with E-state index >= 15 is 0 Å². The van der Waals surface area contributed by atoms with E-state index in [9.17, 15) is 14.4 Å². The molecule has 0 amide bonds. The topological polar surface area (TPSA) is 69.7 Å². The molecule has 5 nitrogen and oxygen atoms in total. The number of carbonyl (C=O) groups is 3. The summed E-state index contributed by atoms with van der Waals surface area (Å²) in [4.78, 5) is 38.4. The lowest BCUT2D eigenvalue weighted by atomic mass is 9.44. The number of Topliss-reactive ketones (excluding diaryl/α,β-unsaturated/α-hetero) is 1. The molecule has 1 aromatic rings. The first-order valence-corrected chi connectivity index (χ1v) is 14.5. The Morgan fingerprint density at radius 2 is 1.78 bits per heavy atom. The lowest BCUT2D eigenvalue weighted by molar-refractivity contribution is -0.160. The van der Waals surface area contributed by atoms with Gasteiger partial charge in [-0.15, -0.1) is 0 Å². The molecule has 0 aromatic heterocycles. The highest BCUT2D eigenvalue weighted by atomic mass is 16.5. The van der Waals surface area contributed by atoms with Crippen LogP contribution in [0.15, 0.2) is 30.3 Å². The van der Waals surface area contributed by atoms with E-state index in [1.807, 2.05) is 30.3 Å². The Morgan fingerprint density at radius 1 is 1.03 bits per heavy atom. The Labute approximate surface area is 222 Å². The van der Waals surface area contributed by atoms with Crippen LogP contribution in [0.2, 0.25) is 0 Å². The van der Waals surface area contributed by atoms with Gasteiger partial charge in [-0.1, -0.05) is 39.0 Å². The van der Waals surface area contributed by atoms with Crippen molar-refractivity contribution in [1.82, 2.24) is 0 Å². The van der Waals surface area contributed by atoms with Gasteiger partial charge in [0.1, 0.15) is 11.9 Å². The van der Waals surface area contributed by atoms with Gasteiger partial charge in [0.05, 0.1) is 12.7 Å². The van der Waals surface area contributed by atoms with Gasteiger partial charge in [-0.2, -0.15) is 0 Å². The first kappa shape index (κ1) is 26.4. The lowest BCUT2D eigenvalue weighted by Gasteiger charge is -2.60. The maximum atomic E-state index is 14.0. The van der Waals surface area contributed by atoms with Crippen LogP contribution < -0.4 is 0 Å². The molecule has 0 heterocycles. The average Bonchev–Trinajstić information content (AvgIpc) is 3.27. The fourth-order valence-corrected chi connectivity index (χ4v) is 9.42. The normalized spacial score (nSPS) is 39.6. The zero-order valence-electron chi connectivity index (χ0n) is 23.0. The standard InChI is InChI=1S/C32H44O5/c1-20(10-15-29(34)36-4)25-13-14-26-24-12-11-22-18-23(37-30(35)21-8-6-5-7-9-21)16-17-31(22,2)27(24)19-28(33)32(25,26)3/h5-9,20,22-27H,10-19H2,1-4H3/t20-,22+,23-,24-,25+,26-,27-,31-,32+/m0/s1. The summed E-state index contributed by atoms with van der Waals surface area (Å²) in [5, 5.41) is 0. The van der Waals surface area contributed by atoms with E-state index in [1.165, 1.54) is 20.0 Å². The molecule has 4 fully saturated rings. The molecule has 9 atom stereocenters. The maximum absolute atomic E-state index is 14.0. The average molecular weight is 509 g/mol. The number of hydrogen-bond acceptors (Lipinski definition) is 5. The van der Waals surface area contributed by atoms with Crippen molar-refractivity contribution in [1.29, 1.82) is 0 Å². The van der Waals surface area contributed by atoms with Gasteiger partial charge in [0.15, 0.2) is 0 Å². The second-order valence-electron chi connectivity index (χ2n) is 13.0. The van der Waals surface area contributed by atoms with E-state index in [2.05, 4.69) is 20.8 Å². The third kappa shape index (κ3) is 4.55.